The summed E-state index contributed by atoms with van der Waals surface area (Å²) in [5.41, 5.74) is 7.01. The zero-order valence-electron chi connectivity index (χ0n) is 12.2. The molecule has 1 amide bonds. The standard InChI is InChI=1S/C15H22N2OS.ClH/c1-15(2,3)13(16)14(18)17-11-8-9-19-12-7-5-4-6-10(11)12;/h4-7,11,13H,8-9,16H2,1-3H3,(H,17,18);1H/t11?,13-;/m1./s1. The number of thioether (sulfide) groups is 1. The molecule has 1 aliphatic heterocycles. The Morgan fingerprint density at radius 2 is 2.05 bits per heavy atom. The highest BCUT2D eigenvalue weighted by Crippen LogP contribution is 2.36. The summed E-state index contributed by atoms with van der Waals surface area (Å²) in [7, 11) is 0. The summed E-state index contributed by atoms with van der Waals surface area (Å²) < 4.78 is 0. The molecule has 0 aliphatic carbocycles. The maximum absolute atomic E-state index is 12.2. The lowest BCUT2D eigenvalue weighted by atomic mass is 9.86. The van der Waals surface area contributed by atoms with Gasteiger partial charge in [-0.3, -0.25) is 4.79 Å². The van der Waals surface area contributed by atoms with Crippen molar-refractivity contribution < 1.29 is 4.79 Å². The zero-order valence-corrected chi connectivity index (χ0v) is 13.8. The summed E-state index contributed by atoms with van der Waals surface area (Å²) >= 11 is 1.85. The molecule has 20 heavy (non-hydrogen) atoms. The van der Waals surface area contributed by atoms with Crippen LogP contribution in [0.3, 0.4) is 0 Å². The lowest BCUT2D eigenvalue weighted by Gasteiger charge is -2.30. The predicted molar refractivity (Wildman–Crippen MR) is 87.3 cm³/mol. The van der Waals surface area contributed by atoms with E-state index in [1.807, 2.05) is 44.7 Å². The summed E-state index contributed by atoms with van der Waals surface area (Å²) in [6.07, 6.45) is 0.963. The Morgan fingerprint density at radius 3 is 2.70 bits per heavy atom. The van der Waals surface area contributed by atoms with Gasteiger partial charge in [0.15, 0.2) is 0 Å². The molecular formula is C15H23ClN2OS. The van der Waals surface area contributed by atoms with Gasteiger partial charge in [0, 0.05) is 10.6 Å². The highest BCUT2D eigenvalue weighted by molar-refractivity contribution is 7.99. The number of amides is 1. The normalized spacial score (nSPS) is 19.5. The molecule has 3 nitrogen and oxygen atoms in total. The first-order valence-electron chi connectivity index (χ1n) is 6.67. The van der Waals surface area contributed by atoms with Crippen molar-refractivity contribution in [3.05, 3.63) is 29.8 Å². The van der Waals surface area contributed by atoms with Gasteiger partial charge in [-0.15, -0.1) is 24.2 Å². The van der Waals surface area contributed by atoms with E-state index in [1.54, 1.807) is 0 Å². The van der Waals surface area contributed by atoms with E-state index in [9.17, 15) is 4.79 Å². The molecule has 0 saturated carbocycles. The second kappa shape index (κ2) is 6.83. The van der Waals surface area contributed by atoms with Gasteiger partial charge in [0.25, 0.3) is 0 Å². The van der Waals surface area contributed by atoms with E-state index in [2.05, 4.69) is 17.4 Å². The van der Waals surface area contributed by atoms with Crippen LogP contribution in [0.2, 0.25) is 0 Å². The van der Waals surface area contributed by atoms with Crippen molar-refractivity contribution >= 4 is 30.1 Å². The monoisotopic (exact) mass is 314 g/mol. The molecule has 112 valence electrons. The van der Waals surface area contributed by atoms with Crippen LogP contribution in [-0.4, -0.2) is 17.7 Å². The van der Waals surface area contributed by atoms with Crippen molar-refractivity contribution in [1.29, 1.82) is 0 Å². The van der Waals surface area contributed by atoms with Gasteiger partial charge in [0.05, 0.1) is 12.1 Å². The van der Waals surface area contributed by atoms with Gasteiger partial charge in [-0.2, -0.15) is 0 Å². The highest BCUT2D eigenvalue weighted by Gasteiger charge is 2.30. The average molecular weight is 315 g/mol. The molecule has 0 spiro atoms. The van der Waals surface area contributed by atoms with Gasteiger partial charge < -0.3 is 11.1 Å². The Hall–Kier alpha value is -0.710. The van der Waals surface area contributed by atoms with Crippen LogP contribution in [0.15, 0.2) is 29.2 Å². The summed E-state index contributed by atoms with van der Waals surface area (Å²) in [6, 6.07) is 7.88. The van der Waals surface area contributed by atoms with Gasteiger partial charge in [0.1, 0.15) is 0 Å². The van der Waals surface area contributed by atoms with Crippen molar-refractivity contribution in [2.75, 3.05) is 5.75 Å². The number of benzene rings is 1. The van der Waals surface area contributed by atoms with Crippen molar-refractivity contribution in [1.82, 2.24) is 5.32 Å². The van der Waals surface area contributed by atoms with Gasteiger partial charge in [-0.25, -0.2) is 0 Å². The van der Waals surface area contributed by atoms with Crippen LogP contribution >= 0.6 is 24.2 Å². The fourth-order valence-electron chi connectivity index (χ4n) is 2.15. The number of nitrogens with two attached hydrogens (primary N) is 1. The largest absolute Gasteiger partial charge is 0.348 e. The van der Waals surface area contributed by atoms with E-state index in [0.717, 1.165) is 12.2 Å². The maximum Gasteiger partial charge on any atom is 0.237 e. The maximum atomic E-state index is 12.2. The molecular weight excluding hydrogens is 292 g/mol. The van der Waals surface area contributed by atoms with Crippen LogP contribution in [0.5, 0.6) is 0 Å². The van der Waals surface area contributed by atoms with E-state index < -0.39 is 6.04 Å². The molecule has 1 aliphatic rings. The Balaban J connectivity index is 0.00000200. The molecule has 0 saturated heterocycles. The molecule has 1 unspecified atom stereocenters. The second-order valence-corrected chi connectivity index (χ2v) is 7.22. The number of hydrogen-bond donors (Lipinski definition) is 2. The Bertz CT molecular complexity index is 473. The van der Waals surface area contributed by atoms with Crippen LogP contribution in [0.1, 0.15) is 38.8 Å². The molecule has 0 fully saturated rings. The summed E-state index contributed by atoms with van der Waals surface area (Å²) in [4.78, 5) is 13.5. The van der Waals surface area contributed by atoms with Gasteiger partial charge >= 0.3 is 0 Å². The summed E-state index contributed by atoms with van der Waals surface area (Å²) in [6.45, 7) is 5.96. The third kappa shape index (κ3) is 3.90. The summed E-state index contributed by atoms with van der Waals surface area (Å²) in [5.74, 6) is 0.978. The van der Waals surface area contributed by atoms with Gasteiger partial charge in [0.2, 0.25) is 5.91 Å². The zero-order chi connectivity index (χ0) is 14.0. The highest BCUT2D eigenvalue weighted by atomic mass is 35.5. The average Bonchev–Trinajstić information content (AvgIpc) is 2.37. The van der Waals surface area contributed by atoms with E-state index >= 15 is 0 Å². The number of hydrogen-bond acceptors (Lipinski definition) is 3. The quantitative estimate of drug-likeness (QED) is 0.881. The molecule has 3 N–H and O–H groups in total. The van der Waals surface area contributed by atoms with Crippen LogP contribution in [0.25, 0.3) is 0 Å². The number of rotatable bonds is 2. The second-order valence-electron chi connectivity index (χ2n) is 6.08. The summed E-state index contributed by atoms with van der Waals surface area (Å²) in [5, 5.41) is 3.10. The number of fused-ring (bicyclic) bond motifs is 1. The third-order valence-corrected chi connectivity index (χ3v) is 4.61. The van der Waals surface area contributed by atoms with Crippen LogP contribution in [0.4, 0.5) is 0 Å². The van der Waals surface area contributed by atoms with E-state index in [4.69, 9.17) is 5.73 Å². The van der Waals surface area contributed by atoms with Crippen molar-refractivity contribution in [3.63, 3.8) is 0 Å². The fourth-order valence-corrected chi connectivity index (χ4v) is 3.27. The van der Waals surface area contributed by atoms with E-state index in [0.29, 0.717) is 0 Å². The number of nitrogens with one attached hydrogen (secondary N) is 1. The number of carbonyl (C=O) groups excluding carboxylic acids is 1. The number of halogens is 1. The Kier molecular flexibility index (Phi) is 5.92. The van der Waals surface area contributed by atoms with E-state index in [-0.39, 0.29) is 29.8 Å². The molecule has 0 bridgehead atoms. The van der Waals surface area contributed by atoms with Crippen molar-refractivity contribution in [2.45, 2.75) is 44.2 Å². The molecule has 1 heterocycles. The smallest absolute Gasteiger partial charge is 0.237 e. The number of carbonyl (C=O) groups is 1. The first-order valence-corrected chi connectivity index (χ1v) is 7.66. The van der Waals surface area contributed by atoms with Crippen LogP contribution in [0, 0.1) is 5.41 Å². The molecule has 2 atom stereocenters. The van der Waals surface area contributed by atoms with Crippen LogP contribution < -0.4 is 11.1 Å². The Labute approximate surface area is 131 Å². The molecule has 0 radical (unpaired) electrons. The van der Waals surface area contributed by atoms with Crippen LogP contribution in [-0.2, 0) is 4.79 Å². The predicted octanol–water partition coefficient (Wildman–Crippen LogP) is 3.13. The molecule has 1 aromatic rings. The Morgan fingerprint density at radius 1 is 1.40 bits per heavy atom. The first-order chi connectivity index (χ1) is 8.89. The fraction of sp³-hybridized carbons (Fsp3) is 0.533. The molecule has 0 aromatic heterocycles. The van der Waals surface area contributed by atoms with Gasteiger partial charge in [-0.1, -0.05) is 39.0 Å². The molecule has 1 aromatic carbocycles. The third-order valence-electron chi connectivity index (χ3n) is 3.49. The van der Waals surface area contributed by atoms with Crippen molar-refractivity contribution in [2.24, 2.45) is 11.1 Å². The minimum atomic E-state index is -0.478. The minimum Gasteiger partial charge on any atom is -0.348 e. The van der Waals surface area contributed by atoms with Crippen molar-refractivity contribution in [3.8, 4) is 0 Å². The first kappa shape index (κ1) is 17.3. The van der Waals surface area contributed by atoms with Gasteiger partial charge in [-0.05, 0) is 23.5 Å². The lowest BCUT2D eigenvalue weighted by molar-refractivity contribution is -0.125. The van der Waals surface area contributed by atoms with E-state index in [1.165, 1.54) is 10.5 Å². The SMILES string of the molecule is CC(C)(C)[C@H](N)C(=O)NC1CCSc2ccccc21.Cl. The molecule has 5 heteroatoms. The molecule has 2 rings (SSSR count). The minimum absolute atomic E-state index is 0. The topological polar surface area (TPSA) is 55.1 Å². The lowest BCUT2D eigenvalue weighted by Crippen LogP contribution is -2.49.